The highest BCUT2D eigenvalue weighted by atomic mass is 32.2. The van der Waals surface area contributed by atoms with Crippen molar-refractivity contribution in [2.75, 3.05) is 19.0 Å². The van der Waals surface area contributed by atoms with Crippen LogP contribution < -0.4 is 5.32 Å². The molecule has 19 heavy (non-hydrogen) atoms. The summed E-state index contributed by atoms with van der Waals surface area (Å²) >= 11 is 1.93. The predicted molar refractivity (Wildman–Crippen MR) is 81.8 cm³/mol. The van der Waals surface area contributed by atoms with Crippen LogP contribution in [0.25, 0.3) is 0 Å². The van der Waals surface area contributed by atoms with E-state index < -0.39 is 0 Å². The van der Waals surface area contributed by atoms with Crippen molar-refractivity contribution in [1.82, 2.24) is 5.32 Å². The average Bonchev–Trinajstić information content (AvgIpc) is 3.00. The van der Waals surface area contributed by atoms with E-state index in [4.69, 9.17) is 9.73 Å². The minimum atomic E-state index is 0.354. The van der Waals surface area contributed by atoms with Crippen LogP contribution in [0.3, 0.4) is 0 Å². The van der Waals surface area contributed by atoms with Gasteiger partial charge in [-0.3, -0.25) is 4.99 Å². The van der Waals surface area contributed by atoms with Crippen molar-refractivity contribution >= 4 is 16.9 Å². The first-order valence-corrected chi connectivity index (χ1v) is 8.72. The summed E-state index contributed by atoms with van der Waals surface area (Å²) in [6.07, 6.45) is 6.58. The van der Waals surface area contributed by atoms with Gasteiger partial charge >= 0.3 is 0 Å². The van der Waals surface area contributed by atoms with Crippen LogP contribution in [-0.4, -0.2) is 35.7 Å². The molecule has 4 unspecified atom stereocenters. The Labute approximate surface area is 121 Å². The molecule has 1 aliphatic carbocycles. The molecular weight excluding hydrogens is 256 g/mol. The Morgan fingerprint density at radius 1 is 1.47 bits per heavy atom. The number of rotatable bonds is 2. The molecule has 2 heterocycles. The third-order valence-corrected chi connectivity index (χ3v) is 6.09. The molecule has 3 rings (SSSR count). The highest BCUT2D eigenvalue weighted by Crippen LogP contribution is 2.39. The zero-order chi connectivity index (χ0) is 13.3. The van der Waals surface area contributed by atoms with Gasteiger partial charge in [-0.25, -0.2) is 0 Å². The number of nitrogens with one attached hydrogen (secondary N) is 1. The molecule has 2 aliphatic heterocycles. The number of amidine groups is 1. The van der Waals surface area contributed by atoms with Gasteiger partial charge in [0.1, 0.15) is 0 Å². The van der Waals surface area contributed by atoms with Crippen LogP contribution in [0.5, 0.6) is 0 Å². The van der Waals surface area contributed by atoms with Gasteiger partial charge in [0.05, 0.1) is 12.6 Å². The third-order valence-electron chi connectivity index (χ3n) is 4.92. The Balaban J connectivity index is 1.61. The first-order valence-electron chi connectivity index (χ1n) is 7.73. The largest absolute Gasteiger partial charge is 0.381 e. The molecular formula is C15H26N2OS. The number of hydrogen-bond donors (Lipinski definition) is 1. The molecule has 3 nitrogen and oxygen atoms in total. The molecule has 4 heteroatoms. The Morgan fingerprint density at radius 3 is 3.11 bits per heavy atom. The highest BCUT2D eigenvalue weighted by Gasteiger charge is 2.40. The number of hydrogen-bond acceptors (Lipinski definition) is 3. The molecule has 0 aromatic heterocycles. The van der Waals surface area contributed by atoms with E-state index in [0.717, 1.165) is 19.1 Å². The van der Waals surface area contributed by atoms with Crippen LogP contribution in [0.15, 0.2) is 4.99 Å². The maximum absolute atomic E-state index is 5.47. The van der Waals surface area contributed by atoms with Crippen LogP contribution >= 0.6 is 11.8 Å². The lowest BCUT2D eigenvalue weighted by Crippen LogP contribution is -2.47. The number of ether oxygens (including phenoxy) is 1. The summed E-state index contributed by atoms with van der Waals surface area (Å²) in [5.74, 6) is 2.70. The molecule has 1 saturated carbocycles. The van der Waals surface area contributed by atoms with Crippen molar-refractivity contribution in [2.45, 2.75) is 57.5 Å². The van der Waals surface area contributed by atoms with E-state index in [-0.39, 0.29) is 0 Å². The molecule has 0 amide bonds. The van der Waals surface area contributed by atoms with Gasteiger partial charge in [0.15, 0.2) is 5.17 Å². The molecule has 0 aromatic carbocycles. The van der Waals surface area contributed by atoms with Crippen molar-refractivity contribution < 1.29 is 4.74 Å². The van der Waals surface area contributed by atoms with Gasteiger partial charge < -0.3 is 10.1 Å². The van der Waals surface area contributed by atoms with E-state index in [1.165, 1.54) is 43.0 Å². The lowest BCUT2D eigenvalue weighted by atomic mass is 9.78. The quantitative estimate of drug-likeness (QED) is 0.845. The van der Waals surface area contributed by atoms with Gasteiger partial charge in [-0.1, -0.05) is 31.5 Å². The van der Waals surface area contributed by atoms with E-state index >= 15 is 0 Å². The fraction of sp³-hybridized carbons (Fsp3) is 0.933. The summed E-state index contributed by atoms with van der Waals surface area (Å²) in [6, 6.07) is 0.397. The van der Waals surface area contributed by atoms with Crippen molar-refractivity contribution in [1.29, 1.82) is 0 Å². The van der Waals surface area contributed by atoms with E-state index in [9.17, 15) is 0 Å². The number of thioether (sulfide) groups is 1. The summed E-state index contributed by atoms with van der Waals surface area (Å²) in [7, 11) is 0. The van der Waals surface area contributed by atoms with Gasteiger partial charge in [-0.05, 0) is 32.1 Å². The number of aliphatic imine (C=N–C) groups is 1. The molecule has 2 saturated heterocycles. The molecule has 0 bridgehead atoms. The molecule has 1 N–H and O–H groups in total. The second-order valence-corrected chi connectivity index (χ2v) is 7.66. The fourth-order valence-corrected chi connectivity index (χ4v) is 4.98. The van der Waals surface area contributed by atoms with E-state index in [1.54, 1.807) is 0 Å². The van der Waals surface area contributed by atoms with E-state index in [0.29, 0.717) is 17.5 Å². The van der Waals surface area contributed by atoms with Gasteiger partial charge in [0.25, 0.3) is 0 Å². The van der Waals surface area contributed by atoms with E-state index in [1.807, 2.05) is 11.8 Å². The van der Waals surface area contributed by atoms with E-state index in [2.05, 4.69) is 19.2 Å². The average molecular weight is 282 g/mol. The molecule has 0 aromatic rings. The third kappa shape index (κ3) is 3.10. The minimum absolute atomic E-state index is 0.354. The Bertz CT molecular complexity index is 354. The lowest BCUT2D eigenvalue weighted by Gasteiger charge is -2.36. The van der Waals surface area contributed by atoms with Crippen LogP contribution in [0.4, 0.5) is 0 Å². The van der Waals surface area contributed by atoms with Crippen molar-refractivity contribution in [3.8, 4) is 0 Å². The molecule has 0 radical (unpaired) electrons. The predicted octanol–water partition coefficient (Wildman–Crippen LogP) is 3.05. The van der Waals surface area contributed by atoms with Gasteiger partial charge in [-0.2, -0.15) is 0 Å². The number of nitrogens with zero attached hydrogens (tertiary/aromatic N) is 1. The lowest BCUT2D eigenvalue weighted by molar-refractivity contribution is 0.182. The summed E-state index contributed by atoms with van der Waals surface area (Å²) in [6.45, 7) is 6.44. The zero-order valence-electron chi connectivity index (χ0n) is 12.2. The maximum atomic E-state index is 5.47. The van der Waals surface area contributed by atoms with Crippen molar-refractivity contribution in [2.24, 2.45) is 16.8 Å². The Morgan fingerprint density at radius 2 is 2.37 bits per heavy atom. The summed E-state index contributed by atoms with van der Waals surface area (Å²) < 4.78 is 5.47. The fourth-order valence-electron chi connectivity index (χ4n) is 3.70. The SMILES string of the molecule is CC1CCCC2(CSC(=NC(C)C3CCOC3)N2)C1. The monoisotopic (exact) mass is 282 g/mol. The molecule has 108 valence electrons. The zero-order valence-corrected chi connectivity index (χ0v) is 13.0. The Kier molecular flexibility index (Phi) is 4.08. The second-order valence-electron chi connectivity index (χ2n) is 6.69. The standard InChI is InChI=1S/C15H26N2OS/c1-11-4-3-6-15(8-11)10-19-14(17-15)16-12(2)13-5-7-18-9-13/h11-13H,3-10H2,1-2H3,(H,16,17). The van der Waals surface area contributed by atoms with Gasteiger partial charge in [0, 0.05) is 23.8 Å². The van der Waals surface area contributed by atoms with Gasteiger partial charge in [0.2, 0.25) is 0 Å². The summed E-state index contributed by atoms with van der Waals surface area (Å²) in [5, 5.41) is 4.95. The van der Waals surface area contributed by atoms with Crippen LogP contribution in [-0.2, 0) is 4.74 Å². The van der Waals surface area contributed by atoms with Crippen LogP contribution in [0.1, 0.15) is 46.0 Å². The normalized spacial score (nSPS) is 42.7. The Hall–Kier alpha value is -0.220. The summed E-state index contributed by atoms with van der Waals surface area (Å²) in [4.78, 5) is 4.92. The molecule has 4 atom stereocenters. The molecule has 3 aliphatic rings. The van der Waals surface area contributed by atoms with Crippen molar-refractivity contribution in [3.05, 3.63) is 0 Å². The summed E-state index contributed by atoms with van der Waals surface area (Å²) in [5.41, 5.74) is 0.354. The van der Waals surface area contributed by atoms with Gasteiger partial charge in [-0.15, -0.1) is 0 Å². The maximum Gasteiger partial charge on any atom is 0.157 e. The first kappa shape index (κ1) is 13.7. The van der Waals surface area contributed by atoms with Crippen LogP contribution in [0.2, 0.25) is 0 Å². The minimum Gasteiger partial charge on any atom is -0.381 e. The molecule has 3 fully saturated rings. The molecule has 1 spiro atoms. The van der Waals surface area contributed by atoms with Crippen LogP contribution in [0, 0.1) is 11.8 Å². The first-order chi connectivity index (χ1) is 9.17. The van der Waals surface area contributed by atoms with Crippen molar-refractivity contribution in [3.63, 3.8) is 0 Å². The highest BCUT2D eigenvalue weighted by molar-refractivity contribution is 8.14. The second kappa shape index (κ2) is 5.65. The smallest absolute Gasteiger partial charge is 0.157 e. The topological polar surface area (TPSA) is 33.6 Å².